The highest BCUT2D eigenvalue weighted by molar-refractivity contribution is 7.89. The molecule has 3 N–H and O–H groups in total. The Kier molecular flexibility index (Phi) is 4.97. The summed E-state index contributed by atoms with van der Waals surface area (Å²) < 4.78 is 27.2. The number of rotatable bonds is 5. The maximum Gasteiger partial charge on any atom is 0.240 e. The van der Waals surface area contributed by atoms with Crippen molar-refractivity contribution < 1.29 is 13.2 Å². The van der Waals surface area contributed by atoms with Gasteiger partial charge in [-0.05, 0) is 31.9 Å². The average Bonchev–Trinajstić information content (AvgIpc) is 2.48. The first-order valence-corrected chi connectivity index (χ1v) is 8.49. The highest BCUT2D eigenvalue weighted by Crippen LogP contribution is 2.16. The van der Waals surface area contributed by atoms with Gasteiger partial charge in [-0.1, -0.05) is 18.2 Å². The van der Waals surface area contributed by atoms with Crippen molar-refractivity contribution in [1.29, 1.82) is 0 Å². The minimum absolute atomic E-state index is 0.105. The second kappa shape index (κ2) is 6.55. The number of primary amides is 1. The number of amides is 1. The fourth-order valence-corrected chi connectivity index (χ4v) is 3.80. The van der Waals surface area contributed by atoms with Crippen LogP contribution in [0.5, 0.6) is 0 Å². The summed E-state index contributed by atoms with van der Waals surface area (Å²) in [6.07, 6.45) is 1.34. The summed E-state index contributed by atoms with van der Waals surface area (Å²) in [4.78, 5) is 13.4. The Balaban J connectivity index is 1.93. The molecule has 0 saturated carbocycles. The lowest BCUT2D eigenvalue weighted by molar-refractivity contribution is -0.123. The van der Waals surface area contributed by atoms with Gasteiger partial charge in [0.15, 0.2) is 0 Å². The molecule has 1 atom stereocenters. The van der Waals surface area contributed by atoms with Crippen molar-refractivity contribution in [2.24, 2.45) is 5.73 Å². The van der Waals surface area contributed by atoms with Crippen LogP contribution in [0.2, 0.25) is 0 Å². The van der Waals surface area contributed by atoms with E-state index >= 15 is 0 Å². The van der Waals surface area contributed by atoms with Crippen LogP contribution in [0.4, 0.5) is 0 Å². The predicted octanol–water partition coefficient (Wildman–Crippen LogP) is 0.303. The summed E-state index contributed by atoms with van der Waals surface area (Å²) in [5.74, 6) is -0.349. The van der Waals surface area contributed by atoms with E-state index in [-0.39, 0.29) is 22.9 Å². The topological polar surface area (TPSA) is 92.5 Å². The number of piperidine rings is 1. The molecule has 1 heterocycles. The van der Waals surface area contributed by atoms with Gasteiger partial charge in [0, 0.05) is 19.1 Å². The zero-order valence-electron chi connectivity index (χ0n) is 12.0. The standard InChI is InChI=1S/C14H21N3O3S/c1-11(14(15)18)17-9-7-12(8-10-17)16-21(19,20)13-5-3-2-4-6-13/h2-6,11-12,16H,7-10H2,1H3,(H2,15,18). The number of sulfonamides is 1. The molecule has 1 amide bonds. The van der Waals surface area contributed by atoms with E-state index in [0.717, 1.165) is 0 Å². The van der Waals surface area contributed by atoms with Crippen LogP contribution in [0.3, 0.4) is 0 Å². The molecule has 116 valence electrons. The summed E-state index contributed by atoms with van der Waals surface area (Å²) in [5, 5.41) is 0. The highest BCUT2D eigenvalue weighted by Gasteiger charge is 2.28. The van der Waals surface area contributed by atoms with Crippen molar-refractivity contribution in [3.8, 4) is 0 Å². The second-order valence-corrected chi connectivity index (χ2v) is 7.04. The van der Waals surface area contributed by atoms with Gasteiger partial charge in [0.05, 0.1) is 10.9 Å². The quantitative estimate of drug-likeness (QED) is 0.818. The Hall–Kier alpha value is -1.44. The third kappa shape index (κ3) is 4.03. The molecule has 1 fully saturated rings. The summed E-state index contributed by atoms with van der Waals surface area (Å²) in [7, 11) is -3.47. The number of nitrogens with two attached hydrogens (primary N) is 1. The van der Waals surface area contributed by atoms with Crippen molar-refractivity contribution in [2.75, 3.05) is 13.1 Å². The predicted molar refractivity (Wildman–Crippen MR) is 80.0 cm³/mol. The SMILES string of the molecule is CC(C(N)=O)N1CCC(NS(=O)(=O)c2ccccc2)CC1. The number of nitrogens with one attached hydrogen (secondary N) is 1. The van der Waals surface area contributed by atoms with Crippen LogP contribution in [0.1, 0.15) is 19.8 Å². The van der Waals surface area contributed by atoms with Gasteiger partial charge in [-0.3, -0.25) is 9.69 Å². The van der Waals surface area contributed by atoms with Crippen molar-refractivity contribution in [2.45, 2.75) is 36.7 Å². The van der Waals surface area contributed by atoms with Gasteiger partial charge < -0.3 is 5.73 Å². The smallest absolute Gasteiger partial charge is 0.240 e. The Morgan fingerprint density at radius 2 is 1.86 bits per heavy atom. The molecule has 1 unspecified atom stereocenters. The zero-order chi connectivity index (χ0) is 15.5. The van der Waals surface area contributed by atoms with Crippen LogP contribution < -0.4 is 10.5 Å². The molecule has 21 heavy (non-hydrogen) atoms. The number of likely N-dealkylation sites (tertiary alicyclic amines) is 1. The minimum atomic E-state index is -3.47. The molecule has 1 aliphatic rings. The van der Waals surface area contributed by atoms with Crippen LogP contribution in [-0.4, -0.2) is 44.4 Å². The van der Waals surface area contributed by atoms with E-state index in [1.807, 2.05) is 4.90 Å². The Morgan fingerprint density at radius 3 is 2.38 bits per heavy atom. The number of nitrogens with zero attached hydrogens (tertiary/aromatic N) is 1. The number of carbonyl (C=O) groups is 1. The molecule has 0 bridgehead atoms. The molecule has 1 aromatic rings. The number of hydrogen-bond donors (Lipinski definition) is 2. The van der Waals surface area contributed by atoms with Gasteiger partial charge >= 0.3 is 0 Å². The second-order valence-electron chi connectivity index (χ2n) is 5.32. The molecule has 7 heteroatoms. The Bertz CT molecular complexity index is 581. The van der Waals surface area contributed by atoms with Crippen molar-refractivity contribution >= 4 is 15.9 Å². The van der Waals surface area contributed by atoms with Crippen LogP contribution in [0.15, 0.2) is 35.2 Å². The van der Waals surface area contributed by atoms with Gasteiger partial charge in [-0.15, -0.1) is 0 Å². The van der Waals surface area contributed by atoms with E-state index in [2.05, 4.69) is 4.72 Å². The molecular weight excluding hydrogens is 290 g/mol. The van der Waals surface area contributed by atoms with E-state index in [1.165, 1.54) is 0 Å². The minimum Gasteiger partial charge on any atom is -0.368 e. The molecule has 1 aromatic carbocycles. The highest BCUT2D eigenvalue weighted by atomic mass is 32.2. The van der Waals surface area contributed by atoms with E-state index < -0.39 is 10.0 Å². The van der Waals surface area contributed by atoms with E-state index in [0.29, 0.717) is 25.9 Å². The van der Waals surface area contributed by atoms with Crippen LogP contribution >= 0.6 is 0 Å². The summed E-state index contributed by atoms with van der Waals surface area (Å²) >= 11 is 0. The van der Waals surface area contributed by atoms with Crippen molar-refractivity contribution in [1.82, 2.24) is 9.62 Å². The first-order valence-electron chi connectivity index (χ1n) is 7.01. The molecule has 6 nitrogen and oxygen atoms in total. The van der Waals surface area contributed by atoms with Gasteiger partial charge in [0.1, 0.15) is 0 Å². The Labute approximate surface area is 125 Å². The molecule has 0 aromatic heterocycles. The lowest BCUT2D eigenvalue weighted by atomic mass is 10.0. The van der Waals surface area contributed by atoms with E-state index in [9.17, 15) is 13.2 Å². The lowest BCUT2D eigenvalue weighted by Gasteiger charge is -2.34. The lowest BCUT2D eigenvalue weighted by Crippen LogP contribution is -2.50. The van der Waals surface area contributed by atoms with Gasteiger partial charge in [0.25, 0.3) is 0 Å². The molecule has 1 saturated heterocycles. The third-order valence-corrected chi connectivity index (χ3v) is 5.40. The molecule has 0 spiro atoms. The molecule has 1 aliphatic heterocycles. The fourth-order valence-electron chi connectivity index (χ4n) is 2.47. The van der Waals surface area contributed by atoms with Gasteiger partial charge in [0.2, 0.25) is 15.9 Å². The van der Waals surface area contributed by atoms with Crippen LogP contribution in [0.25, 0.3) is 0 Å². The number of carbonyl (C=O) groups excluding carboxylic acids is 1. The first-order chi connectivity index (χ1) is 9.90. The largest absolute Gasteiger partial charge is 0.368 e. The van der Waals surface area contributed by atoms with Crippen LogP contribution in [0, 0.1) is 0 Å². The number of benzene rings is 1. The summed E-state index contributed by atoms with van der Waals surface area (Å²) in [5.41, 5.74) is 5.29. The van der Waals surface area contributed by atoms with Gasteiger partial charge in [-0.2, -0.15) is 0 Å². The van der Waals surface area contributed by atoms with E-state index in [4.69, 9.17) is 5.73 Å². The Morgan fingerprint density at radius 1 is 1.29 bits per heavy atom. The molecule has 2 rings (SSSR count). The van der Waals surface area contributed by atoms with Crippen molar-refractivity contribution in [3.63, 3.8) is 0 Å². The molecular formula is C14H21N3O3S. The van der Waals surface area contributed by atoms with E-state index in [1.54, 1.807) is 37.3 Å². The average molecular weight is 311 g/mol. The fraction of sp³-hybridized carbons (Fsp3) is 0.500. The van der Waals surface area contributed by atoms with Gasteiger partial charge in [-0.25, -0.2) is 13.1 Å². The maximum atomic E-state index is 12.2. The normalized spacial score (nSPS) is 19.3. The van der Waals surface area contributed by atoms with Crippen LogP contribution in [-0.2, 0) is 14.8 Å². The summed E-state index contributed by atoms with van der Waals surface area (Å²) in [6.45, 7) is 3.09. The summed E-state index contributed by atoms with van der Waals surface area (Å²) in [6, 6.07) is 7.92. The first kappa shape index (κ1) is 15.9. The third-order valence-electron chi connectivity index (χ3n) is 3.86. The molecule has 0 aliphatic carbocycles. The molecule has 0 radical (unpaired) electrons. The van der Waals surface area contributed by atoms with Crippen molar-refractivity contribution in [3.05, 3.63) is 30.3 Å². The number of hydrogen-bond acceptors (Lipinski definition) is 4. The zero-order valence-corrected chi connectivity index (χ0v) is 12.8. The maximum absolute atomic E-state index is 12.2. The monoisotopic (exact) mass is 311 g/mol.